The van der Waals surface area contributed by atoms with Gasteiger partial charge in [-0.2, -0.15) is 0 Å². The van der Waals surface area contributed by atoms with E-state index in [0.717, 1.165) is 25.9 Å². The summed E-state index contributed by atoms with van der Waals surface area (Å²) in [5.74, 6) is 0. The summed E-state index contributed by atoms with van der Waals surface area (Å²) in [6, 6.07) is 0. The molecule has 19 heavy (non-hydrogen) atoms. The average molecular weight is 271 g/mol. The van der Waals surface area contributed by atoms with Crippen molar-refractivity contribution in [2.75, 3.05) is 13.1 Å². The molecule has 0 atom stereocenters. The van der Waals surface area contributed by atoms with Gasteiger partial charge in [0.15, 0.2) is 0 Å². The van der Waals surface area contributed by atoms with Crippen molar-refractivity contribution in [3.05, 3.63) is 0 Å². The van der Waals surface area contributed by atoms with E-state index >= 15 is 0 Å². The molecule has 0 bridgehead atoms. The molecule has 0 aliphatic heterocycles. The monoisotopic (exact) mass is 271 g/mol. The molecule has 0 unspecified atom stereocenters. The second-order valence-electron chi connectivity index (χ2n) is 9.11. The second-order valence-corrected chi connectivity index (χ2v) is 9.11. The minimum atomic E-state index is -0.119. The molecule has 0 aromatic carbocycles. The topological polar surface area (TPSA) is 64.1 Å². The van der Waals surface area contributed by atoms with E-state index in [4.69, 9.17) is 11.5 Å². The average Bonchev–Trinajstić information content (AvgIpc) is 2.10. The zero-order valence-corrected chi connectivity index (χ0v) is 14.5. The van der Waals surface area contributed by atoms with Gasteiger partial charge in [0.1, 0.15) is 0 Å². The molecule has 0 amide bonds. The maximum Gasteiger partial charge on any atom is 0.0130 e. The highest BCUT2D eigenvalue weighted by atomic mass is 15.0. The van der Waals surface area contributed by atoms with Crippen molar-refractivity contribution < 1.29 is 0 Å². The summed E-state index contributed by atoms with van der Waals surface area (Å²) < 4.78 is 0. The van der Waals surface area contributed by atoms with Crippen LogP contribution in [0.5, 0.6) is 0 Å². The molecule has 0 fully saturated rings. The third kappa shape index (κ3) is 9.42. The lowest BCUT2D eigenvalue weighted by molar-refractivity contribution is 0.183. The van der Waals surface area contributed by atoms with Crippen molar-refractivity contribution in [2.45, 2.75) is 79.3 Å². The van der Waals surface area contributed by atoms with Crippen LogP contribution in [0, 0.1) is 10.8 Å². The predicted molar refractivity (Wildman–Crippen MR) is 86.2 cm³/mol. The Morgan fingerprint density at radius 2 is 1.26 bits per heavy atom. The van der Waals surface area contributed by atoms with Crippen molar-refractivity contribution in [2.24, 2.45) is 22.3 Å². The minimum absolute atomic E-state index is 0.0961. The molecule has 116 valence electrons. The van der Waals surface area contributed by atoms with Crippen LogP contribution >= 0.6 is 0 Å². The Hall–Kier alpha value is -0.120. The zero-order chi connectivity index (χ0) is 15.5. The fourth-order valence-corrected chi connectivity index (χ4v) is 3.11. The van der Waals surface area contributed by atoms with E-state index in [-0.39, 0.29) is 21.9 Å². The molecule has 0 saturated carbocycles. The first-order chi connectivity index (χ1) is 8.18. The van der Waals surface area contributed by atoms with E-state index in [1.165, 1.54) is 0 Å². The zero-order valence-electron chi connectivity index (χ0n) is 14.5. The quantitative estimate of drug-likeness (QED) is 0.636. The molecule has 0 aromatic rings. The van der Waals surface area contributed by atoms with Crippen LogP contribution in [0.4, 0.5) is 0 Å². The molecule has 3 nitrogen and oxygen atoms in total. The Morgan fingerprint density at radius 1 is 0.789 bits per heavy atom. The fraction of sp³-hybridized carbons (Fsp3) is 1.00. The van der Waals surface area contributed by atoms with Gasteiger partial charge >= 0.3 is 0 Å². The summed E-state index contributed by atoms with van der Waals surface area (Å²) in [4.78, 5) is 0. The summed E-state index contributed by atoms with van der Waals surface area (Å²) in [7, 11) is 0. The van der Waals surface area contributed by atoms with E-state index in [2.05, 4.69) is 60.7 Å². The van der Waals surface area contributed by atoms with Crippen LogP contribution in [-0.4, -0.2) is 24.2 Å². The Morgan fingerprint density at radius 3 is 1.63 bits per heavy atom. The van der Waals surface area contributed by atoms with Gasteiger partial charge in [-0.05, 0) is 57.9 Å². The normalized spacial score (nSPS) is 14.8. The van der Waals surface area contributed by atoms with Gasteiger partial charge < -0.3 is 16.8 Å². The molecule has 0 heterocycles. The maximum atomic E-state index is 6.14. The van der Waals surface area contributed by atoms with Gasteiger partial charge in [-0.3, -0.25) is 0 Å². The van der Waals surface area contributed by atoms with Crippen molar-refractivity contribution in [1.82, 2.24) is 5.32 Å². The van der Waals surface area contributed by atoms with Crippen molar-refractivity contribution in [3.63, 3.8) is 0 Å². The van der Waals surface area contributed by atoms with Gasteiger partial charge in [0.05, 0.1) is 0 Å². The lowest BCUT2D eigenvalue weighted by atomic mass is 9.77. The van der Waals surface area contributed by atoms with Crippen LogP contribution in [0.3, 0.4) is 0 Å². The summed E-state index contributed by atoms with van der Waals surface area (Å²) in [5.41, 5.74) is 12.3. The van der Waals surface area contributed by atoms with Crippen LogP contribution < -0.4 is 16.8 Å². The maximum absolute atomic E-state index is 6.14. The third-order valence-corrected chi connectivity index (χ3v) is 3.45. The second kappa shape index (κ2) is 6.11. The smallest absolute Gasteiger partial charge is 0.0130 e. The molecule has 0 radical (unpaired) electrons. The highest BCUT2D eigenvalue weighted by Gasteiger charge is 2.31. The molecule has 0 rings (SSSR count). The summed E-state index contributed by atoms with van der Waals surface area (Å²) >= 11 is 0. The van der Waals surface area contributed by atoms with Crippen molar-refractivity contribution >= 4 is 0 Å². The Labute approximate surface area is 120 Å². The van der Waals surface area contributed by atoms with E-state index in [1.807, 2.05) is 0 Å². The van der Waals surface area contributed by atoms with Crippen LogP contribution in [0.15, 0.2) is 0 Å². The van der Waals surface area contributed by atoms with Gasteiger partial charge in [0.2, 0.25) is 0 Å². The first kappa shape index (κ1) is 18.9. The summed E-state index contributed by atoms with van der Waals surface area (Å²) in [6.45, 7) is 19.4. The molecule has 0 spiro atoms. The van der Waals surface area contributed by atoms with E-state index in [9.17, 15) is 0 Å². The van der Waals surface area contributed by atoms with Gasteiger partial charge in [-0.15, -0.1) is 0 Å². The van der Waals surface area contributed by atoms with Crippen LogP contribution in [0.2, 0.25) is 0 Å². The molecule has 0 aromatic heterocycles. The number of hydrogen-bond acceptors (Lipinski definition) is 3. The standard InChI is InChI=1S/C16H37N3/c1-13(2,11-17)10-16(7,8)19-12-14(3,4)9-15(5,6)18/h19H,9-12,17-18H2,1-8H3. The largest absolute Gasteiger partial charge is 0.330 e. The summed E-state index contributed by atoms with van der Waals surface area (Å²) in [5, 5.41) is 3.70. The van der Waals surface area contributed by atoms with Crippen molar-refractivity contribution in [1.29, 1.82) is 0 Å². The Balaban J connectivity index is 4.45. The SMILES string of the molecule is CC(C)(N)CC(C)(C)CNC(C)(C)CC(C)(C)CN. The molecule has 0 saturated heterocycles. The fourth-order valence-electron chi connectivity index (χ4n) is 3.11. The lowest BCUT2D eigenvalue weighted by Gasteiger charge is -2.39. The predicted octanol–water partition coefficient (Wildman–Crippen LogP) is 2.88. The van der Waals surface area contributed by atoms with Gasteiger partial charge in [-0.1, -0.05) is 27.7 Å². The molecule has 3 heteroatoms. The summed E-state index contributed by atoms with van der Waals surface area (Å²) in [6.07, 6.45) is 2.07. The van der Waals surface area contributed by atoms with Crippen LogP contribution in [0.25, 0.3) is 0 Å². The number of rotatable bonds is 8. The van der Waals surface area contributed by atoms with E-state index in [0.29, 0.717) is 0 Å². The third-order valence-electron chi connectivity index (χ3n) is 3.45. The first-order valence-corrected chi connectivity index (χ1v) is 7.42. The van der Waals surface area contributed by atoms with Gasteiger partial charge in [0, 0.05) is 17.6 Å². The number of nitrogens with two attached hydrogens (primary N) is 2. The first-order valence-electron chi connectivity index (χ1n) is 7.42. The van der Waals surface area contributed by atoms with E-state index in [1.54, 1.807) is 0 Å². The van der Waals surface area contributed by atoms with E-state index < -0.39 is 0 Å². The number of nitrogens with one attached hydrogen (secondary N) is 1. The molecule has 5 N–H and O–H groups in total. The highest BCUT2D eigenvalue weighted by Crippen LogP contribution is 2.29. The molecular formula is C16H37N3. The molecular weight excluding hydrogens is 234 g/mol. The van der Waals surface area contributed by atoms with Gasteiger partial charge in [-0.25, -0.2) is 0 Å². The van der Waals surface area contributed by atoms with Crippen LogP contribution in [-0.2, 0) is 0 Å². The Bertz CT molecular complexity index is 272. The van der Waals surface area contributed by atoms with Crippen LogP contribution in [0.1, 0.15) is 68.2 Å². The highest BCUT2D eigenvalue weighted by molar-refractivity contribution is 4.90. The van der Waals surface area contributed by atoms with Gasteiger partial charge in [0.25, 0.3) is 0 Å². The molecule has 0 aliphatic carbocycles. The Kier molecular flexibility index (Phi) is 6.07. The van der Waals surface area contributed by atoms with Crippen molar-refractivity contribution in [3.8, 4) is 0 Å². The number of hydrogen-bond donors (Lipinski definition) is 3. The lowest BCUT2D eigenvalue weighted by Crippen LogP contribution is -2.49. The molecule has 0 aliphatic rings. The minimum Gasteiger partial charge on any atom is -0.330 e.